The van der Waals surface area contributed by atoms with Gasteiger partial charge in [-0.05, 0) is 18.2 Å². The second-order valence-corrected chi connectivity index (χ2v) is 8.13. The lowest BCUT2D eigenvalue weighted by Crippen LogP contribution is -2.31. The number of rotatable bonds is 5. The third kappa shape index (κ3) is 4.37. The molecule has 4 unspecified atom stereocenters. The summed E-state index contributed by atoms with van der Waals surface area (Å²) in [7, 11) is -4.48. The fourth-order valence-corrected chi connectivity index (χ4v) is 3.43. The average Bonchev–Trinajstić information content (AvgIpc) is 3.29. The Kier molecular flexibility index (Phi) is 5.62. The van der Waals surface area contributed by atoms with Crippen LogP contribution in [0.4, 0.5) is 5.82 Å². The average molecular weight is 448 g/mol. The molecule has 31 heavy (non-hydrogen) atoms. The molecule has 13 nitrogen and oxygen atoms in total. The molecule has 1 aliphatic heterocycles. The van der Waals surface area contributed by atoms with Crippen molar-refractivity contribution in [3.63, 3.8) is 0 Å². The number of aromatic nitrogens is 5. The summed E-state index contributed by atoms with van der Waals surface area (Å²) >= 11 is 0. The van der Waals surface area contributed by atoms with Gasteiger partial charge in [-0.25, -0.2) is 9.97 Å². The molecule has 0 saturated carbocycles. The monoisotopic (exact) mass is 448 g/mol. The third-order valence-electron chi connectivity index (χ3n) is 4.52. The summed E-state index contributed by atoms with van der Waals surface area (Å²) in [5, 5.41) is 30.9. The van der Waals surface area contributed by atoms with Crippen molar-refractivity contribution < 1.29 is 34.1 Å². The predicted molar refractivity (Wildman–Crippen MR) is 105 cm³/mol. The van der Waals surface area contributed by atoms with E-state index in [1.807, 2.05) is 0 Å². The number of carbonyl (C=O) groups excluding carboxylic acids is 1. The summed E-state index contributed by atoms with van der Waals surface area (Å²) in [5.41, 5.74) is 0.625. The smallest absolute Gasteiger partial charge is 0.348 e. The third-order valence-corrected chi connectivity index (χ3v) is 5.08. The second-order valence-electron chi connectivity index (χ2n) is 6.65. The Balaban J connectivity index is 1.61. The molecule has 1 fully saturated rings. The number of aliphatic hydroxyl groups excluding tert-OH is 2. The zero-order valence-electron chi connectivity index (χ0n) is 15.6. The van der Waals surface area contributed by atoms with Crippen LogP contribution in [-0.2, 0) is 9.30 Å². The van der Waals surface area contributed by atoms with Crippen LogP contribution in [0.15, 0.2) is 48.6 Å². The first kappa shape index (κ1) is 21.2. The number of nitrogens with zero attached hydrogens (tertiary/aromatic N) is 5. The van der Waals surface area contributed by atoms with E-state index in [-0.39, 0.29) is 17.0 Å². The van der Waals surface area contributed by atoms with E-state index in [0.29, 0.717) is 11.4 Å². The number of hydrogen-bond donors (Lipinski definition) is 5. The van der Waals surface area contributed by atoms with Gasteiger partial charge in [-0.15, -0.1) is 5.10 Å². The molecule has 0 radical (unpaired) electrons. The summed E-state index contributed by atoms with van der Waals surface area (Å²) in [6.45, 7) is 0. The fourth-order valence-electron chi connectivity index (χ4n) is 3.04. The number of hydrogen-bond acceptors (Lipinski definition) is 9. The number of nitrogens with one attached hydrogen (secondary N) is 1. The van der Waals surface area contributed by atoms with E-state index in [2.05, 4.69) is 25.6 Å². The van der Waals surface area contributed by atoms with Crippen molar-refractivity contribution in [2.24, 2.45) is 0 Å². The van der Waals surface area contributed by atoms with E-state index in [1.54, 1.807) is 30.3 Å². The fraction of sp³-hybridized carbons (Fsp3) is 0.235. The molecule has 0 spiro atoms. The van der Waals surface area contributed by atoms with Gasteiger partial charge in [-0.1, -0.05) is 23.4 Å². The maximum atomic E-state index is 12.4. The summed E-state index contributed by atoms with van der Waals surface area (Å²) in [4.78, 5) is 38.4. The number of fused-ring (bicyclic) bond motifs is 1. The van der Waals surface area contributed by atoms with Gasteiger partial charge >= 0.3 is 7.60 Å². The molecule has 2 aromatic heterocycles. The van der Waals surface area contributed by atoms with Crippen molar-refractivity contribution in [2.45, 2.75) is 24.5 Å². The Bertz CT molecular complexity index is 1180. The highest BCUT2D eigenvalue weighted by atomic mass is 31.2. The van der Waals surface area contributed by atoms with Crippen LogP contribution < -0.4 is 5.32 Å². The molecule has 1 amide bonds. The van der Waals surface area contributed by atoms with Gasteiger partial charge in [0.05, 0.1) is 0 Å². The van der Waals surface area contributed by atoms with Crippen LogP contribution in [0.25, 0.3) is 11.2 Å². The molecule has 0 aliphatic carbocycles. The standard InChI is InChI=1S/C17H17N6O7P/c24-12-10(6-7-31(27,28)29)30-17(13(12)25)23-15-11(21-22-23)14(18-8-19-15)20-16(26)9-4-2-1-3-5-9/h1-8,10,12-13,17,24-25H,(H2,27,28,29)(H,18,19,20,26)/b7-6+. The van der Waals surface area contributed by atoms with E-state index in [4.69, 9.17) is 14.5 Å². The van der Waals surface area contributed by atoms with E-state index in [1.165, 1.54) is 0 Å². The number of aliphatic hydroxyl groups is 2. The van der Waals surface area contributed by atoms with Crippen LogP contribution in [0, 0.1) is 0 Å². The molecular weight excluding hydrogens is 431 g/mol. The molecule has 0 bridgehead atoms. The minimum absolute atomic E-state index is 0.0797. The maximum absolute atomic E-state index is 12.4. The van der Waals surface area contributed by atoms with Gasteiger partial charge in [0.1, 0.15) is 24.6 Å². The van der Waals surface area contributed by atoms with Gasteiger partial charge < -0.3 is 30.1 Å². The van der Waals surface area contributed by atoms with Crippen molar-refractivity contribution in [1.29, 1.82) is 0 Å². The number of anilines is 1. The first-order valence-electron chi connectivity index (χ1n) is 8.93. The van der Waals surface area contributed by atoms with Crippen molar-refractivity contribution in [1.82, 2.24) is 25.0 Å². The van der Waals surface area contributed by atoms with E-state index in [9.17, 15) is 19.6 Å². The van der Waals surface area contributed by atoms with E-state index in [0.717, 1.165) is 17.1 Å². The Morgan fingerprint density at radius 3 is 2.61 bits per heavy atom. The zero-order valence-corrected chi connectivity index (χ0v) is 16.5. The van der Waals surface area contributed by atoms with Crippen molar-refractivity contribution in [3.05, 3.63) is 54.1 Å². The Morgan fingerprint density at radius 2 is 1.90 bits per heavy atom. The molecule has 5 N–H and O–H groups in total. The lowest BCUT2D eigenvalue weighted by molar-refractivity contribution is -0.0329. The van der Waals surface area contributed by atoms with Crippen LogP contribution in [-0.4, -0.2) is 69.2 Å². The quantitative estimate of drug-likeness (QED) is 0.324. The molecule has 4 atom stereocenters. The molecule has 4 rings (SSSR count). The lowest BCUT2D eigenvalue weighted by Gasteiger charge is -2.14. The van der Waals surface area contributed by atoms with Crippen LogP contribution in [0.3, 0.4) is 0 Å². The number of carbonyl (C=O) groups is 1. The number of amides is 1. The Hall–Kier alpha value is -3.06. The molecule has 1 saturated heterocycles. The minimum Gasteiger partial charge on any atom is -0.387 e. The van der Waals surface area contributed by atoms with Gasteiger partial charge in [0, 0.05) is 11.4 Å². The first-order chi connectivity index (χ1) is 14.7. The topological polar surface area (TPSA) is 193 Å². The van der Waals surface area contributed by atoms with Gasteiger partial charge in [-0.3, -0.25) is 9.36 Å². The van der Waals surface area contributed by atoms with E-state index < -0.39 is 38.0 Å². The summed E-state index contributed by atoms with van der Waals surface area (Å²) in [6.07, 6.45) is -3.30. The van der Waals surface area contributed by atoms with E-state index >= 15 is 0 Å². The summed E-state index contributed by atoms with van der Waals surface area (Å²) < 4.78 is 17.6. The van der Waals surface area contributed by atoms with Gasteiger partial charge in [0.15, 0.2) is 23.2 Å². The lowest BCUT2D eigenvalue weighted by atomic mass is 10.1. The van der Waals surface area contributed by atoms with Gasteiger partial charge in [0.2, 0.25) is 0 Å². The van der Waals surface area contributed by atoms with Crippen molar-refractivity contribution >= 4 is 30.5 Å². The van der Waals surface area contributed by atoms with Crippen molar-refractivity contribution in [2.75, 3.05) is 5.32 Å². The molecule has 162 valence electrons. The molecule has 3 aromatic rings. The highest BCUT2D eigenvalue weighted by molar-refractivity contribution is 7.55. The second kappa shape index (κ2) is 8.23. The largest absolute Gasteiger partial charge is 0.387 e. The molecule has 1 aromatic carbocycles. The van der Waals surface area contributed by atoms with Crippen molar-refractivity contribution in [3.8, 4) is 0 Å². The highest BCUT2D eigenvalue weighted by Gasteiger charge is 2.44. The Morgan fingerprint density at radius 1 is 1.16 bits per heavy atom. The predicted octanol–water partition coefficient (Wildman–Crippen LogP) is -0.216. The normalized spacial score (nSPS) is 24.1. The molecule has 14 heteroatoms. The van der Waals surface area contributed by atoms with Gasteiger partial charge in [0.25, 0.3) is 5.91 Å². The first-order valence-corrected chi connectivity index (χ1v) is 10.6. The van der Waals surface area contributed by atoms with Crippen LogP contribution >= 0.6 is 7.60 Å². The van der Waals surface area contributed by atoms with Crippen LogP contribution in [0.2, 0.25) is 0 Å². The van der Waals surface area contributed by atoms with Crippen LogP contribution in [0.1, 0.15) is 16.6 Å². The van der Waals surface area contributed by atoms with Crippen LogP contribution in [0.5, 0.6) is 0 Å². The molecule has 3 heterocycles. The SMILES string of the molecule is O=C(Nc1ncnc2c1nnn2C1OC(/C=C/P(=O)(O)O)C(O)C1O)c1ccccc1. The summed E-state index contributed by atoms with van der Waals surface area (Å²) in [6, 6.07) is 8.44. The highest BCUT2D eigenvalue weighted by Crippen LogP contribution is 2.38. The summed E-state index contributed by atoms with van der Waals surface area (Å²) in [5.74, 6) is 0.232. The number of benzene rings is 1. The number of ether oxygens (including phenoxy) is 1. The van der Waals surface area contributed by atoms with Gasteiger partial charge in [-0.2, -0.15) is 4.68 Å². The zero-order chi connectivity index (χ0) is 22.2. The molecular formula is C17H17N6O7P. The minimum atomic E-state index is -4.48. The molecule has 1 aliphatic rings. The maximum Gasteiger partial charge on any atom is 0.348 e. The Labute approximate surface area is 174 Å².